The van der Waals surface area contributed by atoms with Gasteiger partial charge in [0.1, 0.15) is 18.0 Å². The van der Waals surface area contributed by atoms with Crippen molar-refractivity contribution in [1.82, 2.24) is 14.8 Å². The van der Waals surface area contributed by atoms with E-state index in [4.69, 9.17) is 0 Å². The minimum atomic E-state index is -0.790. The van der Waals surface area contributed by atoms with Crippen molar-refractivity contribution in [2.45, 2.75) is 26.0 Å². The van der Waals surface area contributed by atoms with E-state index < -0.39 is 6.10 Å². The Kier molecular flexibility index (Phi) is 4.08. The normalized spacial score (nSPS) is 12.7. The molecule has 1 N–H and O–H groups in total. The fourth-order valence-electron chi connectivity index (χ4n) is 1.72. The van der Waals surface area contributed by atoms with Gasteiger partial charge >= 0.3 is 0 Å². The van der Waals surface area contributed by atoms with Crippen molar-refractivity contribution >= 4 is 15.9 Å². The van der Waals surface area contributed by atoms with Crippen LogP contribution in [0.2, 0.25) is 0 Å². The first-order chi connectivity index (χ1) is 8.61. The summed E-state index contributed by atoms with van der Waals surface area (Å²) < 4.78 is 15.5. The summed E-state index contributed by atoms with van der Waals surface area (Å²) >= 11 is 3.08. The third kappa shape index (κ3) is 2.76. The zero-order valence-electron chi connectivity index (χ0n) is 9.85. The van der Waals surface area contributed by atoms with Gasteiger partial charge in [-0.1, -0.05) is 6.07 Å². The molecule has 1 heterocycles. The SMILES string of the molecule is CCn1ncnc1CC(O)c1ccc(Br)c(F)c1. The van der Waals surface area contributed by atoms with Gasteiger partial charge in [0, 0.05) is 13.0 Å². The molecular weight excluding hydrogens is 301 g/mol. The predicted octanol–water partition coefficient (Wildman–Crippen LogP) is 2.48. The van der Waals surface area contributed by atoms with E-state index >= 15 is 0 Å². The Morgan fingerprint density at radius 2 is 2.28 bits per heavy atom. The molecule has 0 aliphatic heterocycles. The van der Waals surface area contributed by atoms with Crippen LogP contribution in [-0.4, -0.2) is 19.9 Å². The van der Waals surface area contributed by atoms with Gasteiger partial charge in [-0.3, -0.25) is 4.68 Å². The lowest BCUT2D eigenvalue weighted by atomic mass is 10.1. The van der Waals surface area contributed by atoms with Gasteiger partial charge in [-0.2, -0.15) is 5.10 Å². The molecule has 0 bridgehead atoms. The molecule has 0 radical (unpaired) electrons. The molecular formula is C12H13BrFN3O. The summed E-state index contributed by atoms with van der Waals surface area (Å²) in [4.78, 5) is 4.08. The molecule has 0 saturated heterocycles. The molecule has 4 nitrogen and oxygen atoms in total. The van der Waals surface area contributed by atoms with Gasteiger partial charge in [-0.25, -0.2) is 9.37 Å². The smallest absolute Gasteiger partial charge is 0.138 e. The molecule has 2 aromatic rings. The van der Waals surface area contributed by atoms with E-state index in [0.717, 1.165) is 0 Å². The Bertz CT molecular complexity index is 544. The van der Waals surface area contributed by atoms with E-state index in [1.807, 2.05) is 6.92 Å². The van der Waals surface area contributed by atoms with Crippen molar-refractivity contribution in [3.63, 3.8) is 0 Å². The average molecular weight is 314 g/mol. The Morgan fingerprint density at radius 1 is 1.50 bits per heavy atom. The molecule has 0 saturated carbocycles. The van der Waals surface area contributed by atoms with Crippen LogP contribution >= 0.6 is 15.9 Å². The average Bonchev–Trinajstić information content (AvgIpc) is 2.79. The highest BCUT2D eigenvalue weighted by Crippen LogP contribution is 2.22. The molecule has 0 spiro atoms. The fraction of sp³-hybridized carbons (Fsp3) is 0.333. The quantitative estimate of drug-likeness (QED) is 0.943. The second kappa shape index (κ2) is 5.58. The molecule has 2 rings (SSSR count). The molecule has 1 unspecified atom stereocenters. The second-order valence-corrected chi connectivity index (χ2v) is 4.74. The number of nitrogens with zero attached hydrogens (tertiary/aromatic N) is 3. The maximum Gasteiger partial charge on any atom is 0.138 e. The number of aliphatic hydroxyl groups excluding tert-OH is 1. The van der Waals surface area contributed by atoms with Crippen LogP contribution in [0, 0.1) is 5.82 Å². The standard InChI is InChI=1S/C12H13BrFN3O/c1-2-17-12(15-7-16-17)6-11(18)8-3-4-9(13)10(14)5-8/h3-5,7,11,18H,2,6H2,1H3. The number of rotatable bonds is 4. The maximum absolute atomic E-state index is 13.4. The lowest BCUT2D eigenvalue weighted by Gasteiger charge is -2.11. The van der Waals surface area contributed by atoms with E-state index in [1.54, 1.807) is 16.8 Å². The van der Waals surface area contributed by atoms with E-state index in [0.29, 0.717) is 28.8 Å². The fourth-order valence-corrected chi connectivity index (χ4v) is 1.97. The number of aryl methyl sites for hydroxylation is 1. The summed E-state index contributed by atoms with van der Waals surface area (Å²) in [6.07, 6.45) is 0.977. The molecule has 6 heteroatoms. The van der Waals surface area contributed by atoms with Crippen molar-refractivity contribution in [3.05, 3.63) is 46.2 Å². The molecule has 1 aromatic heterocycles. The monoisotopic (exact) mass is 313 g/mol. The molecule has 0 aliphatic carbocycles. The van der Waals surface area contributed by atoms with E-state index in [-0.39, 0.29) is 5.82 Å². The van der Waals surface area contributed by atoms with Crippen molar-refractivity contribution in [3.8, 4) is 0 Å². The first-order valence-corrected chi connectivity index (χ1v) is 6.40. The first-order valence-electron chi connectivity index (χ1n) is 5.61. The molecule has 1 atom stereocenters. The van der Waals surface area contributed by atoms with Crippen LogP contribution in [0.15, 0.2) is 29.0 Å². The summed E-state index contributed by atoms with van der Waals surface area (Å²) in [5.41, 5.74) is 0.529. The predicted molar refractivity (Wildman–Crippen MR) is 68.5 cm³/mol. The van der Waals surface area contributed by atoms with Crippen LogP contribution in [0.1, 0.15) is 24.4 Å². The summed E-state index contributed by atoms with van der Waals surface area (Å²) in [5, 5.41) is 14.1. The van der Waals surface area contributed by atoms with Crippen LogP contribution in [0.5, 0.6) is 0 Å². The van der Waals surface area contributed by atoms with Crippen molar-refractivity contribution in [2.24, 2.45) is 0 Å². The van der Waals surface area contributed by atoms with Crippen molar-refractivity contribution in [1.29, 1.82) is 0 Å². The minimum absolute atomic E-state index is 0.314. The minimum Gasteiger partial charge on any atom is -0.388 e. The largest absolute Gasteiger partial charge is 0.388 e. The Labute approximate surface area is 113 Å². The zero-order chi connectivity index (χ0) is 13.1. The molecule has 96 valence electrons. The van der Waals surface area contributed by atoms with E-state index in [1.165, 1.54) is 12.4 Å². The Morgan fingerprint density at radius 3 is 2.94 bits per heavy atom. The highest BCUT2D eigenvalue weighted by molar-refractivity contribution is 9.10. The van der Waals surface area contributed by atoms with Gasteiger partial charge in [-0.15, -0.1) is 0 Å². The molecule has 0 amide bonds. The van der Waals surface area contributed by atoms with Gasteiger partial charge in [0.05, 0.1) is 10.6 Å². The number of hydrogen-bond donors (Lipinski definition) is 1. The van der Waals surface area contributed by atoms with Crippen LogP contribution in [0.3, 0.4) is 0 Å². The van der Waals surface area contributed by atoms with E-state index in [9.17, 15) is 9.50 Å². The van der Waals surface area contributed by atoms with Crippen LogP contribution in [-0.2, 0) is 13.0 Å². The van der Waals surface area contributed by atoms with Crippen LogP contribution in [0.25, 0.3) is 0 Å². The number of aromatic nitrogens is 3. The summed E-state index contributed by atoms with van der Waals surface area (Å²) in [5.74, 6) is 0.303. The number of aliphatic hydroxyl groups is 1. The van der Waals surface area contributed by atoms with Gasteiger partial charge < -0.3 is 5.11 Å². The Balaban J connectivity index is 2.16. The molecule has 1 aromatic carbocycles. The topological polar surface area (TPSA) is 50.9 Å². The summed E-state index contributed by atoms with van der Waals surface area (Å²) in [6, 6.07) is 4.59. The number of benzene rings is 1. The lowest BCUT2D eigenvalue weighted by Crippen LogP contribution is -2.09. The second-order valence-electron chi connectivity index (χ2n) is 3.89. The van der Waals surface area contributed by atoms with Gasteiger partial charge in [-0.05, 0) is 40.5 Å². The summed E-state index contributed by atoms with van der Waals surface area (Å²) in [6.45, 7) is 2.64. The van der Waals surface area contributed by atoms with Crippen molar-refractivity contribution in [2.75, 3.05) is 0 Å². The first kappa shape index (κ1) is 13.2. The van der Waals surface area contributed by atoms with Crippen molar-refractivity contribution < 1.29 is 9.50 Å². The number of hydrogen-bond acceptors (Lipinski definition) is 3. The highest BCUT2D eigenvalue weighted by Gasteiger charge is 2.14. The van der Waals surface area contributed by atoms with Gasteiger partial charge in [0.2, 0.25) is 0 Å². The third-order valence-corrected chi connectivity index (χ3v) is 3.34. The molecule has 0 fully saturated rings. The van der Waals surface area contributed by atoms with Gasteiger partial charge in [0.15, 0.2) is 0 Å². The Hall–Kier alpha value is -1.27. The summed E-state index contributed by atoms with van der Waals surface area (Å²) in [7, 11) is 0. The zero-order valence-corrected chi connectivity index (χ0v) is 11.4. The van der Waals surface area contributed by atoms with E-state index in [2.05, 4.69) is 26.0 Å². The molecule has 18 heavy (non-hydrogen) atoms. The molecule has 0 aliphatic rings. The maximum atomic E-state index is 13.4. The van der Waals surface area contributed by atoms with Crippen LogP contribution in [0.4, 0.5) is 4.39 Å². The number of halogens is 2. The lowest BCUT2D eigenvalue weighted by molar-refractivity contribution is 0.173. The third-order valence-electron chi connectivity index (χ3n) is 2.70. The van der Waals surface area contributed by atoms with Crippen LogP contribution < -0.4 is 0 Å². The highest BCUT2D eigenvalue weighted by atomic mass is 79.9. The van der Waals surface area contributed by atoms with Gasteiger partial charge in [0.25, 0.3) is 0 Å².